The molecule has 0 heterocycles. The van der Waals surface area contributed by atoms with Gasteiger partial charge in [0.2, 0.25) is 0 Å². The molecule has 0 amide bonds. The maximum Gasteiger partial charge on any atom is 0.306 e. The molecule has 0 bridgehead atoms. The first-order chi connectivity index (χ1) is 25.2. The second kappa shape index (κ2) is 44.5. The van der Waals surface area contributed by atoms with Gasteiger partial charge in [-0.1, -0.05) is 210 Å². The van der Waals surface area contributed by atoms with Crippen molar-refractivity contribution in [2.45, 2.75) is 225 Å². The largest absolute Gasteiger partial charge is 0.457 e. The summed E-state index contributed by atoms with van der Waals surface area (Å²) in [6, 6.07) is 0. The number of hydrogen-bond acceptors (Lipinski definition) is 4. The van der Waals surface area contributed by atoms with E-state index < -0.39 is 6.10 Å². The lowest BCUT2D eigenvalue weighted by molar-refractivity contribution is -0.154. The topological polar surface area (TPSA) is 55.8 Å². The predicted molar refractivity (Wildman–Crippen MR) is 223 cm³/mol. The lowest BCUT2D eigenvalue weighted by atomic mass is 10.0. The minimum atomic E-state index is -0.537. The molecular formula is C47H86O4. The highest BCUT2D eigenvalue weighted by atomic mass is 16.6. The van der Waals surface area contributed by atoms with E-state index >= 15 is 0 Å². The van der Waals surface area contributed by atoms with Gasteiger partial charge in [-0.3, -0.25) is 4.79 Å². The van der Waals surface area contributed by atoms with Crippen LogP contribution in [-0.4, -0.2) is 37.0 Å². The molecule has 1 N–H and O–H groups in total. The average molecular weight is 715 g/mol. The normalized spacial score (nSPS) is 12.8. The van der Waals surface area contributed by atoms with Crippen molar-refractivity contribution in [3.05, 3.63) is 48.6 Å². The quantitative estimate of drug-likeness (QED) is 0.0389. The Bertz CT molecular complexity index is 798. The van der Waals surface area contributed by atoms with Gasteiger partial charge in [0.15, 0.2) is 0 Å². The average Bonchev–Trinajstić information content (AvgIpc) is 3.14. The highest BCUT2D eigenvalue weighted by molar-refractivity contribution is 5.69. The molecular weight excluding hydrogens is 629 g/mol. The van der Waals surface area contributed by atoms with Gasteiger partial charge in [0.25, 0.3) is 0 Å². The number of rotatable bonds is 41. The fourth-order valence-corrected chi connectivity index (χ4v) is 6.38. The highest BCUT2D eigenvalue weighted by Gasteiger charge is 2.13. The summed E-state index contributed by atoms with van der Waals surface area (Å²) in [7, 11) is 0. The van der Waals surface area contributed by atoms with Gasteiger partial charge < -0.3 is 14.6 Å². The zero-order valence-electron chi connectivity index (χ0n) is 34.1. The lowest BCUT2D eigenvalue weighted by Crippen LogP contribution is -2.27. The van der Waals surface area contributed by atoms with Crippen LogP contribution in [0.5, 0.6) is 0 Å². The summed E-state index contributed by atoms with van der Waals surface area (Å²) in [6.07, 6.45) is 57.4. The second-order valence-corrected chi connectivity index (χ2v) is 14.7. The molecule has 298 valence electrons. The maximum atomic E-state index is 12.2. The number of allylic oxidation sites excluding steroid dienone is 8. The van der Waals surface area contributed by atoms with Crippen LogP contribution in [-0.2, 0) is 14.3 Å². The minimum absolute atomic E-state index is 0.173. The Hall–Kier alpha value is -1.65. The van der Waals surface area contributed by atoms with Gasteiger partial charge in [0, 0.05) is 13.0 Å². The number of unbranched alkanes of at least 4 members (excludes halogenated alkanes) is 25. The number of esters is 1. The first-order valence-electron chi connectivity index (χ1n) is 22.2. The fourth-order valence-electron chi connectivity index (χ4n) is 6.38. The van der Waals surface area contributed by atoms with E-state index in [1.54, 1.807) is 0 Å². The third-order valence-electron chi connectivity index (χ3n) is 9.67. The van der Waals surface area contributed by atoms with Crippen molar-refractivity contribution in [3.8, 4) is 0 Å². The monoisotopic (exact) mass is 715 g/mol. The first kappa shape index (κ1) is 49.4. The SMILES string of the molecule is CC/C=C\C/C=C\C/C=C\C/C=C\CCCCCCCCCCC(=O)OC(CO)COCCCCCCCCCCCCCCCCCCCC. The Morgan fingerprint density at radius 3 is 1.33 bits per heavy atom. The molecule has 0 aromatic carbocycles. The van der Waals surface area contributed by atoms with Crippen LogP contribution in [0.4, 0.5) is 0 Å². The van der Waals surface area contributed by atoms with Crippen LogP contribution in [0.2, 0.25) is 0 Å². The molecule has 0 spiro atoms. The number of hydrogen-bond donors (Lipinski definition) is 1. The molecule has 0 rings (SSSR count). The molecule has 0 saturated heterocycles. The van der Waals surface area contributed by atoms with E-state index in [9.17, 15) is 9.90 Å². The molecule has 1 atom stereocenters. The van der Waals surface area contributed by atoms with Gasteiger partial charge in [-0.15, -0.1) is 0 Å². The summed E-state index contributed by atoms with van der Waals surface area (Å²) in [5.74, 6) is -0.207. The van der Waals surface area contributed by atoms with Gasteiger partial charge in [-0.05, 0) is 51.4 Å². The predicted octanol–water partition coefficient (Wildman–Crippen LogP) is 14.7. The molecule has 0 saturated carbocycles. The molecule has 0 radical (unpaired) electrons. The number of carbonyl (C=O) groups is 1. The molecule has 0 aliphatic carbocycles. The van der Waals surface area contributed by atoms with Crippen LogP contribution in [0.3, 0.4) is 0 Å². The maximum absolute atomic E-state index is 12.2. The fraction of sp³-hybridized carbons (Fsp3) is 0.809. The molecule has 0 aromatic rings. The summed E-state index contributed by atoms with van der Waals surface area (Å²) in [5.41, 5.74) is 0. The highest BCUT2D eigenvalue weighted by Crippen LogP contribution is 2.15. The molecule has 0 fully saturated rings. The molecule has 0 aromatic heterocycles. The van der Waals surface area contributed by atoms with Crippen LogP contribution in [0.15, 0.2) is 48.6 Å². The number of carbonyl (C=O) groups excluding carboxylic acids is 1. The first-order valence-corrected chi connectivity index (χ1v) is 22.2. The third-order valence-corrected chi connectivity index (χ3v) is 9.67. The number of ether oxygens (including phenoxy) is 2. The zero-order valence-corrected chi connectivity index (χ0v) is 34.1. The van der Waals surface area contributed by atoms with E-state index in [4.69, 9.17) is 9.47 Å². The smallest absolute Gasteiger partial charge is 0.306 e. The van der Waals surface area contributed by atoms with E-state index in [0.717, 1.165) is 44.9 Å². The standard InChI is InChI=1S/C47H86O4/c1-3-5-7-9-11-13-15-17-19-21-23-24-25-26-28-30-32-34-36-38-40-42-47(49)51-46(44-48)45-50-43-41-39-37-35-33-31-29-27-22-20-18-16-14-12-10-8-6-4-2/h5,7,11,13,17,19,23-24,46,48H,3-4,6,8-10,12,14-16,18,20-22,25-45H2,1-2H3/b7-5-,13-11-,19-17-,24-23-. The van der Waals surface area contributed by atoms with E-state index in [-0.39, 0.29) is 12.6 Å². The van der Waals surface area contributed by atoms with Crippen LogP contribution in [0, 0.1) is 0 Å². The summed E-state index contributed by atoms with van der Waals surface area (Å²) < 4.78 is 11.2. The summed E-state index contributed by atoms with van der Waals surface area (Å²) in [5, 5.41) is 9.61. The lowest BCUT2D eigenvalue weighted by Gasteiger charge is -2.16. The van der Waals surface area contributed by atoms with Gasteiger partial charge in [0.1, 0.15) is 6.10 Å². The van der Waals surface area contributed by atoms with Crippen LogP contribution < -0.4 is 0 Å². The van der Waals surface area contributed by atoms with Gasteiger partial charge in [0.05, 0.1) is 13.2 Å². The van der Waals surface area contributed by atoms with Crippen molar-refractivity contribution in [2.75, 3.05) is 19.8 Å². The van der Waals surface area contributed by atoms with E-state index in [1.165, 1.54) is 154 Å². The van der Waals surface area contributed by atoms with Crippen molar-refractivity contribution in [1.82, 2.24) is 0 Å². The Labute approximate surface area is 318 Å². The Balaban J connectivity index is 3.43. The molecule has 51 heavy (non-hydrogen) atoms. The van der Waals surface area contributed by atoms with Crippen molar-refractivity contribution >= 4 is 5.97 Å². The second-order valence-electron chi connectivity index (χ2n) is 14.7. The van der Waals surface area contributed by atoms with Crippen molar-refractivity contribution in [1.29, 1.82) is 0 Å². The molecule has 1 unspecified atom stereocenters. The van der Waals surface area contributed by atoms with E-state index in [2.05, 4.69) is 62.5 Å². The van der Waals surface area contributed by atoms with Crippen molar-refractivity contribution in [2.24, 2.45) is 0 Å². The number of aliphatic hydroxyl groups excluding tert-OH is 1. The Morgan fingerprint density at radius 1 is 0.490 bits per heavy atom. The molecule has 4 nitrogen and oxygen atoms in total. The van der Waals surface area contributed by atoms with Gasteiger partial charge >= 0.3 is 5.97 Å². The molecule has 0 aliphatic rings. The van der Waals surface area contributed by atoms with Crippen LogP contribution >= 0.6 is 0 Å². The third kappa shape index (κ3) is 42.7. The van der Waals surface area contributed by atoms with Gasteiger partial charge in [-0.2, -0.15) is 0 Å². The summed E-state index contributed by atoms with van der Waals surface area (Å²) in [4.78, 5) is 12.2. The van der Waals surface area contributed by atoms with Gasteiger partial charge in [-0.25, -0.2) is 0 Å². The molecule has 4 heteroatoms. The van der Waals surface area contributed by atoms with Crippen LogP contribution in [0.25, 0.3) is 0 Å². The van der Waals surface area contributed by atoms with E-state index in [0.29, 0.717) is 19.6 Å². The zero-order chi connectivity index (χ0) is 37.0. The van der Waals surface area contributed by atoms with Crippen molar-refractivity contribution < 1.29 is 19.4 Å². The van der Waals surface area contributed by atoms with Crippen LogP contribution in [0.1, 0.15) is 219 Å². The summed E-state index contributed by atoms with van der Waals surface area (Å²) >= 11 is 0. The minimum Gasteiger partial charge on any atom is -0.457 e. The Kier molecular flexibility index (Phi) is 43.1. The van der Waals surface area contributed by atoms with Crippen molar-refractivity contribution in [3.63, 3.8) is 0 Å². The molecule has 0 aliphatic heterocycles. The Morgan fingerprint density at radius 2 is 0.882 bits per heavy atom. The number of aliphatic hydroxyl groups is 1. The van der Waals surface area contributed by atoms with E-state index in [1.807, 2.05) is 0 Å². The summed E-state index contributed by atoms with van der Waals surface area (Å²) in [6.45, 7) is 5.25.